The highest BCUT2D eigenvalue weighted by Gasteiger charge is 2.21. The molecule has 1 atom stereocenters. The second-order valence-electron chi connectivity index (χ2n) is 4.93. The van der Waals surface area contributed by atoms with Gasteiger partial charge in [-0.05, 0) is 62.4 Å². The van der Waals surface area contributed by atoms with Crippen LogP contribution in [0.4, 0.5) is 0 Å². The Morgan fingerprint density at radius 3 is 3.33 bits per heavy atom. The molecule has 1 aliphatic heterocycles. The van der Waals surface area contributed by atoms with Crippen LogP contribution in [-0.4, -0.2) is 29.4 Å². The summed E-state index contributed by atoms with van der Waals surface area (Å²) in [5, 5.41) is 0.853. The maximum atomic E-state index is 8.66. The predicted octanol–water partition coefficient (Wildman–Crippen LogP) is 3.37. The van der Waals surface area contributed by atoms with Crippen molar-refractivity contribution in [1.29, 1.82) is 0 Å². The van der Waals surface area contributed by atoms with Gasteiger partial charge in [-0.15, -0.1) is 0 Å². The molecule has 18 heavy (non-hydrogen) atoms. The van der Waals surface area contributed by atoms with Gasteiger partial charge in [0.05, 0.1) is 0 Å². The van der Waals surface area contributed by atoms with E-state index in [-0.39, 0.29) is 0 Å². The number of likely N-dealkylation sites (N-methyl/N-ethyl adjacent to an activating group) is 1. The minimum absolute atomic E-state index is 0.420. The van der Waals surface area contributed by atoms with Crippen LogP contribution in [0.1, 0.15) is 37.7 Å². The highest BCUT2D eigenvalue weighted by molar-refractivity contribution is 5.84. The molecule has 2 heteroatoms. The summed E-state index contributed by atoms with van der Waals surface area (Å²) < 4.78 is 40.3. The van der Waals surface area contributed by atoms with Crippen molar-refractivity contribution in [3.63, 3.8) is 0 Å². The predicted molar refractivity (Wildman–Crippen MR) is 77.0 cm³/mol. The van der Waals surface area contributed by atoms with Crippen LogP contribution in [0, 0.1) is 0 Å². The van der Waals surface area contributed by atoms with Crippen LogP contribution >= 0.6 is 0 Å². The largest absolute Gasteiger partial charge is 0.361 e. The van der Waals surface area contributed by atoms with Gasteiger partial charge in [0.1, 0.15) is 0 Å². The zero-order valence-electron chi connectivity index (χ0n) is 15.7. The summed E-state index contributed by atoms with van der Waals surface area (Å²) in [4.78, 5) is 4.47. The normalized spacial score (nSPS) is 26.5. The van der Waals surface area contributed by atoms with Gasteiger partial charge in [0, 0.05) is 30.0 Å². The van der Waals surface area contributed by atoms with Gasteiger partial charge in [-0.2, -0.15) is 0 Å². The number of likely N-dealkylation sites (tertiary alicyclic amines) is 1. The molecule has 1 aromatic heterocycles. The molecule has 1 aromatic carbocycles. The highest BCUT2D eigenvalue weighted by Crippen LogP contribution is 2.25. The molecule has 3 rings (SSSR count). The molecule has 2 aromatic rings. The number of aromatic nitrogens is 1. The molecule has 0 saturated carbocycles. The molecule has 2 nitrogen and oxygen atoms in total. The number of fused-ring (bicyclic) bond motifs is 1. The van der Waals surface area contributed by atoms with E-state index in [0.29, 0.717) is 24.9 Å². The van der Waals surface area contributed by atoms with Crippen molar-refractivity contribution < 1.29 is 6.85 Å². The molecule has 0 aliphatic carbocycles. The molecule has 1 fully saturated rings. The Morgan fingerprint density at radius 2 is 2.50 bits per heavy atom. The molecule has 0 spiro atoms. The molecule has 0 radical (unpaired) electrons. The van der Waals surface area contributed by atoms with Crippen molar-refractivity contribution in [2.75, 3.05) is 13.5 Å². The fraction of sp³-hybridized carbons (Fsp3) is 0.500. The summed E-state index contributed by atoms with van der Waals surface area (Å²) in [6.07, 6.45) is 2.14. The maximum absolute atomic E-state index is 8.66. The molecule has 2 heterocycles. The third kappa shape index (κ3) is 2.05. The lowest BCUT2D eigenvalue weighted by molar-refractivity contribution is 0.310. The Morgan fingerprint density at radius 1 is 1.56 bits per heavy atom. The Hall–Kier alpha value is -1.28. The zero-order chi connectivity index (χ0) is 16.8. The van der Waals surface area contributed by atoms with Gasteiger partial charge >= 0.3 is 0 Å². The molecule has 0 bridgehead atoms. The minimum atomic E-state index is -2.25. The van der Waals surface area contributed by atoms with Gasteiger partial charge < -0.3 is 9.88 Å². The van der Waals surface area contributed by atoms with Crippen molar-refractivity contribution in [2.45, 2.75) is 38.6 Å². The number of rotatable bonds is 3. The minimum Gasteiger partial charge on any atom is -0.361 e. The fourth-order valence-corrected chi connectivity index (χ4v) is 2.60. The Kier molecular flexibility index (Phi) is 1.95. The Bertz CT molecular complexity index is 704. The first-order valence-corrected chi connectivity index (χ1v) is 6.62. The van der Waals surface area contributed by atoms with Gasteiger partial charge in [-0.1, -0.05) is 13.0 Å². The topological polar surface area (TPSA) is 19.0 Å². The van der Waals surface area contributed by atoms with Crippen LogP contribution in [0.3, 0.4) is 0 Å². The Balaban J connectivity index is 2.05. The molecule has 1 aliphatic rings. The van der Waals surface area contributed by atoms with Crippen LogP contribution in [0.15, 0.2) is 24.4 Å². The van der Waals surface area contributed by atoms with Crippen LogP contribution in [0.5, 0.6) is 0 Å². The van der Waals surface area contributed by atoms with Gasteiger partial charge in [0.15, 0.2) is 0 Å². The summed E-state index contributed by atoms with van der Waals surface area (Å²) in [5.74, 6) is 0. The zero-order valence-corrected chi connectivity index (χ0v) is 10.7. The lowest BCUT2D eigenvalue weighted by atomic mass is 10.0. The first-order chi connectivity index (χ1) is 10.7. The summed E-state index contributed by atoms with van der Waals surface area (Å²) in [6, 6.07) is 5.37. The molecular weight excluding hydrogens is 220 g/mol. The first-order valence-electron chi connectivity index (χ1n) is 9.12. The molecule has 1 saturated heterocycles. The van der Waals surface area contributed by atoms with Crippen LogP contribution in [-0.2, 0) is 12.8 Å². The lowest BCUT2D eigenvalue weighted by Gasteiger charge is -2.18. The number of aromatic amines is 1. The maximum Gasteiger partial charge on any atom is 0.0456 e. The van der Waals surface area contributed by atoms with Gasteiger partial charge in [0.25, 0.3) is 0 Å². The quantitative estimate of drug-likeness (QED) is 0.881. The van der Waals surface area contributed by atoms with E-state index in [9.17, 15) is 0 Å². The van der Waals surface area contributed by atoms with E-state index in [1.54, 1.807) is 6.20 Å². The second-order valence-corrected chi connectivity index (χ2v) is 4.93. The van der Waals surface area contributed by atoms with E-state index in [1.807, 2.05) is 18.2 Å². The summed E-state index contributed by atoms with van der Waals surface area (Å²) >= 11 is 0. The van der Waals surface area contributed by atoms with E-state index in [1.165, 1.54) is 4.90 Å². The number of H-pyrrole nitrogens is 1. The van der Waals surface area contributed by atoms with E-state index >= 15 is 0 Å². The van der Waals surface area contributed by atoms with Crippen LogP contribution < -0.4 is 0 Å². The number of nitrogens with one attached hydrogen (secondary N) is 1. The van der Waals surface area contributed by atoms with Crippen LogP contribution in [0.25, 0.3) is 10.9 Å². The van der Waals surface area contributed by atoms with Gasteiger partial charge in [-0.25, -0.2) is 0 Å². The summed E-state index contributed by atoms with van der Waals surface area (Å²) in [5.41, 5.74) is 2.59. The van der Waals surface area contributed by atoms with Crippen molar-refractivity contribution in [1.82, 2.24) is 9.88 Å². The average Bonchev–Trinajstić information content (AvgIpc) is 3.13. The first kappa shape index (κ1) is 7.34. The van der Waals surface area contributed by atoms with Crippen molar-refractivity contribution in [2.24, 2.45) is 0 Å². The number of benzene rings is 1. The highest BCUT2D eigenvalue weighted by atomic mass is 15.1. The van der Waals surface area contributed by atoms with Crippen molar-refractivity contribution in [3.8, 4) is 0 Å². The molecule has 1 N–H and O–H groups in total. The van der Waals surface area contributed by atoms with Crippen molar-refractivity contribution >= 4 is 10.9 Å². The third-order valence-corrected chi connectivity index (χ3v) is 3.73. The standard InChI is InChI=1S/C16H22N2/c1-3-12-6-7-16-15(9-12)13(11-17-16)10-14-5-4-8-18(14)2/h6-7,9,11,14,17H,3-5,8,10H2,1-2H3/t14-/m1/s1/i2D3,10D2. The molecule has 0 amide bonds. The molecule has 96 valence electrons. The average molecular weight is 247 g/mol. The second kappa shape index (κ2) is 4.77. The van der Waals surface area contributed by atoms with Gasteiger partial charge in [-0.3, -0.25) is 0 Å². The van der Waals surface area contributed by atoms with Crippen molar-refractivity contribution in [3.05, 3.63) is 35.5 Å². The number of hydrogen-bond acceptors (Lipinski definition) is 1. The van der Waals surface area contributed by atoms with E-state index in [4.69, 9.17) is 6.85 Å². The smallest absolute Gasteiger partial charge is 0.0456 e. The van der Waals surface area contributed by atoms with E-state index in [2.05, 4.69) is 11.9 Å². The third-order valence-electron chi connectivity index (χ3n) is 3.73. The summed E-state index contributed by atoms with van der Waals surface area (Å²) in [7, 11) is 0. The fourth-order valence-electron chi connectivity index (χ4n) is 2.60. The van der Waals surface area contributed by atoms with E-state index in [0.717, 1.165) is 22.9 Å². The SMILES string of the molecule is [2H]C([2H])(c1c[nH]c2ccc(CC)cc12)[C@H]1CCCN1C([2H])([2H])[2H]. The lowest BCUT2D eigenvalue weighted by Crippen LogP contribution is -2.26. The summed E-state index contributed by atoms with van der Waals surface area (Å²) in [6.45, 7) is 0.230. The molecule has 0 unspecified atom stereocenters. The van der Waals surface area contributed by atoms with Gasteiger partial charge in [0.2, 0.25) is 0 Å². The Labute approximate surface area is 116 Å². The number of aryl methyl sites for hydroxylation is 1. The number of hydrogen-bond donors (Lipinski definition) is 1. The van der Waals surface area contributed by atoms with E-state index < -0.39 is 19.4 Å². The monoisotopic (exact) mass is 247 g/mol. The number of nitrogens with zero attached hydrogens (tertiary/aromatic N) is 1. The molecular formula is C16H22N2. The van der Waals surface area contributed by atoms with Crippen LogP contribution in [0.2, 0.25) is 0 Å².